The lowest BCUT2D eigenvalue weighted by atomic mass is 9.90. The molecule has 0 spiro atoms. The van der Waals surface area contributed by atoms with Gasteiger partial charge in [0.15, 0.2) is 0 Å². The third-order valence-electron chi connectivity index (χ3n) is 3.57. The normalized spacial score (nSPS) is 16.6. The van der Waals surface area contributed by atoms with Gasteiger partial charge in [0.1, 0.15) is 5.82 Å². The molecule has 3 N–H and O–H groups in total. The highest BCUT2D eigenvalue weighted by Crippen LogP contribution is 2.23. The first kappa shape index (κ1) is 13.8. The van der Waals surface area contributed by atoms with E-state index in [1.54, 1.807) is 6.07 Å². The van der Waals surface area contributed by atoms with E-state index in [4.69, 9.17) is 5.73 Å². The number of carbonyl (C=O) groups excluding carboxylic acids is 1. The Bertz CT molecular complexity index is 471. The summed E-state index contributed by atoms with van der Waals surface area (Å²) in [6, 6.07) is 3.82. The molecule has 4 nitrogen and oxygen atoms in total. The molecule has 0 bridgehead atoms. The van der Waals surface area contributed by atoms with Crippen molar-refractivity contribution in [3.05, 3.63) is 23.4 Å². The topological polar surface area (TPSA) is 68.0 Å². The van der Waals surface area contributed by atoms with E-state index >= 15 is 0 Å². The third-order valence-corrected chi connectivity index (χ3v) is 3.57. The van der Waals surface area contributed by atoms with Gasteiger partial charge >= 0.3 is 0 Å². The monoisotopic (exact) mass is 261 g/mol. The molecule has 1 aromatic heterocycles. The number of anilines is 1. The van der Waals surface area contributed by atoms with Crippen LogP contribution in [0.15, 0.2) is 12.1 Å². The molecule has 1 aliphatic carbocycles. The van der Waals surface area contributed by atoms with Crippen LogP contribution >= 0.6 is 0 Å². The molecule has 4 heteroatoms. The number of carbonyl (C=O) groups is 1. The fourth-order valence-corrected chi connectivity index (χ4v) is 2.41. The highest BCUT2D eigenvalue weighted by Gasteiger charge is 2.21. The van der Waals surface area contributed by atoms with Gasteiger partial charge in [-0.2, -0.15) is 0 Å². The predicted octanol–water partition coefficient (Wildman–Crippen LogP) is 2.63. The van der Waals surface area contributed by atoms with Crippen molar-refractivity contribution >= 4 is 11.7 Å². The van der Waals surface area contributed by atoms with Gasteiger partial charge in [-0.15, -0.1) is 0 Å². The number of nitrogens with one attached hydrogen (secondary N) is 1. The van der Waals surface area contributed by atoms with E-state index in [2.05, 4.69) is 31.1 Å². The second-order valence-corrected chi connectivity index (χ2v) is 6.37. The van der Waals surface area contributed by atoms with Gasteiger partial charge in [-0.25, -0.2) is 4.98 Å². The van der Waals surface area contributed by atoms with Crippen molar-refractivity contribution in [2.45, 2.75) is 57.9 Å². The largest absolute Gasteiger partial charge is 0.384 e. The summed E-state index contributed by atoms with van der Waals surface area (Å²) in [5.41, 5.74) is 7.16. The van der Waals surface area contributed by atoms with Crippen molar-refractivity contribution in [3.8, 4) is 0 Å². The lowest BCUT2D eigenvalue weighted by Crippen LogP contribution is -2.33. The fourth-order valence-electron chi connectivity index (χ4n) is 2.41. The van der Waals surface area contributed by atoms with E-state index in [1.807, 2.05) is 6.07 Å². The number of pyridine rings is 1. The van der Waals surface area contributed by atoms with E-state index in [0.29, 0.717) is 17.4 Å². The summed E-state index contributed by atoms with van der Waals surface area (Å²) < 4.78 is 0. The molecule has 0 saturated heterocycles. The van der Waals surface area contributed by atoms with Crippen molar-refractivity contribution < 1.29 is 4.79 Å². The fraction of sp³-hybridized carbons (Fsp3) is 0.600. The molecule has 0 aromatic carbocycles. The molecule has 0 atom stereocenters. The van der Waals surface area contributed by atoms with Crippen molar-refractivity contribution in [2.24, 2.45) is 0 Å². The van der Waals surface area contributed by atoms with Gasteiger partial charge in [0.25, 0.3) is 5.91 Å². The smallest absolute Gasteiger partial charge is 0.251 e. The minimum Gasteiger partial charge on any atom is -0.384 e. The number of hydrogen-bond donors (Lipinski definition) is 2. The zero-order valence-electron chi connectivity index (χ0n) is 12.0. The molecule has 1 fully saturated rings. The van der Waals surface area contributed by atoms with Crippen molar-refractivity contribution in [1.29, 1.82) is 0 Å². The van der Waals surface area contributed by atoms with Gasteiger partial charge in [0.2, 0.25) is 0 Å². The number of amides is 1. The Labute approximate surface area is 114 Å². The van der Waals surface area contributed by atoms with Gasteiger partial charge in [0, 0.05) is 22.7 Å². The minimum atomic E-state index is -0.113. The number of aromatic nitrogens is 1. The molecule has 1 amide bonds. The number of rotatable bonds is 2. The summed E-state index contributed by atoms with van der Waals surface area (Å²) in [5, 5.41) is 3.08. The van der Waals surface area contributed by atoms with Crippen LogP contribution in [0.3, 0.4) is 0 Å². The first-order chi connectivity index (χ1) is 8.86. The number of nitrogens with zero attached hydrogens (tertiary/aromatic N) is 1. The Balaban J connectivity index is 2.19. The van der Waals surface area contributed by atoms with E-state index in [9.17, 15) is 4.79 Å². The number of nitrogens with two attached hydrogens (primary N) is 1. The van der Waals surface area contributed by atoms with E-state index in [-0.39, 0.29) is 11.3 Å². The van der Waals surface area contributed by atoms with Gasteiger partial charge in [0.05, 0.1) is 0 Å². The molecule has 0 aliphatic heterocycles. The van der Waals surface area contributed by atoms with Gasteiger partial charge in [-0.3, -0.25) is 4.79 Å². The standard InChI is InChI=1S/C15H23N3O/c1-15(2,3)12-8-10(9-13(16)18-12)14(19)17-11-6-4-5-7-11/h8-9,11H,4-7H2,1-3H3,(H2,16,18)(H,17,19). The zero-order chi connectivity index (χ0) is 14.0. The Kier molecular flexibility index (Phi) is 3.78. The average molecular weight is 261 g/mol. The molecule has 2 rings (SSSR count). The van der Waals surface area contributed by atoms with Crippen LogP contribution in [-0.2, 0) is 5.41 Å². The first-order valence-corrected chi connectivity index (χ1v) is 6.95. The molecule has 0 unspecified atom stereocenters. The van der Waals surface area contributed by atoms with Crippen molar-refractivity contribution in [1.82, 2.24) is 10.3 Å². The summed E-state index contributed by atoms with van der Waals surface area (Å²) in [7, 11) is 0. The lowest BCUT2D eigenvalue weighted by molar-refractivity contribution is 0.0937. The minimum absolute atomic E-state index is 0.0356. The quantitative estimate of drug-likeness (QED) is 0.860. The third kappa shape index (κ3) is 3.46. The maximum atomic E-state index is 12.2. The highest BCUT2D eigenvalue weighted by molar-refractivity contribution is 5.95. The summed E-state index contributed by atoms with van der Waals surface area (Å²) in [5.74, 6) is 0.371. The van der Waals surface area contributed by atoms with Gasteiger partial charge < -0.3 is 11.1 Å². The molecular formula is C15H23N3O. The zero-order valence-corrected chi connectivity index (χ0v) is 12.0. The second kappa shape index (κ2) is 5.19. The lowest BCUT2D eigenvalue weighted by Gasteiger charge is -2.19. The maximum absolute atomic E-state index is 12.2. The summed E-state index contributed by atoms with van der Waals surface area (Å²) >= 11 is 0. The Morgan fingerprint density at radius 3 is 2.53 bits per heavy atom. The molecule has 1 heterocycles. The molecule has 1 aliphatic rings. The van der Waals surface area contributed by atoms with E-state index < -0.39 is 0 Å². The van der Waals surface area contributed by atoms with Crippen LogP contribution in [0.4, 0.5) is 5.82 Å². The maximum Gasteiger partial charge on any atom is 0.251 e. The Hall–Kier alpha value is -1.58. The molecular weight excluding hydrogens is 238 g/mol. The van der Waals surface area contributed by atoms with Crippen LogP contribution in [0, 0.1) is 0 Å². The van der Waals surface area contributed by atoms with E-state index in [0.717, 1.165) is 18.5 Å². The van der Waals surface area contributed by atoms with Crippen LogP contribution in [0.2, 0.25) is 0 Å². The van der Waals surface area contributed by atoms with E-state index in [1.165, 1.54) is 12.8 Å². The molecule has 1 saturated carbocycles. The second-order valence-electron chi connectivity index (χ2n) is 6.37. The Morgan fingerprint density at radius 2 is 1.95 bits per heavy atom. The first-order valence-electron chi connectivity index (χ1n) is 6.95. The average Bonchev–Trinajstić information content (AvgIpc) is 2.79. The van der Waals surface area contributed by atoms with Crippen molar-refractivity contribution in [3.63, 3.8) is 0 Å². The number of hydrogen-bond acceptors (Lipinski definition) is 3. The van der Waals surface area contributed by atoms with Crippen LogP contribution in [-0.4, -0.2) is 16.9 Å². The van der Waals surface area contributed by atoms with Crippen LogP contribution in [0.1, 0.15) is 62.5 Å². The summed E-state index contributed by atoms with van der Waals surface area (Å²) in [6.45, 7) is 6.19. The SMILES string of the molecule is CC(C)(C)c1cc(C(=O)NC2CCCC2)cc(N)n1. The van der Waals surface area contributed by atoms with Gasteiger partial charge in [-0.1, -0.05) is 33.6 Å². The van der Waals surface area contributed by atoms with Crippen LogP contribution in [0.5, 0.6) is 0 Å². The summed E-state index contributed by atoms with van der Waals surface area (Å²) in [4.78, 5) is 16.6. The molecule has 1 aromatic rings. The predicted molar refractivity (Wildman–Crippen MR) is 77.1 cm³/mol. The van der Waals surface area contributed by atoms with Crippen LogP contribution in [0.25, 0.3) is 0 Å². The molecule has 0 radical (unpaired) electrons. The van der Waals surface area contributed by atoms with Gasteiger partial charge in [-0.05, 0) is 25.0 Å². The molecule has 19 heavy (non-hydrogen) atoms. The summed E-state index contributed by atoms with van der Waals surface area (Å²) in [6.07, 6.45) is 4.57. The molecule has 104 valence electrons. The Morgan fingerprint density at radius 1 is 1.32 bits per heavy atom. The number of nitrogen functional groups attached to an aromatic ring is 1. The van der Waals surface area contributed by atoms with Crippen molar-refractivity contribution in [2.75, 3.05) is 5.73 Å². The van der Waals surface area contributed by atoms with Crippen LogP contribution < -0.4 is 11.1 Å². The highest BCUT2D eigenvalue weighted by atomic mass is 16.1.